The van der Waals surface area contributed by atoms with Crippen molar-refractivity contribution in [2.24, 2.45) is 0 Å². The summed E-state index contributed by atoms with van der Waals surface area (Å²) in [6.07, 6.45) is 3.00. The van der Waals surface area contributed by atoms with Crippen molar-refractivity contribution >= 4 is 11.6 Å². The highest BCUT2D eigenvalue weighted by molar-refractivity contribution is 6.30. The maximum absolute atomic E-state index is 10.9. The van der Waals surface area contributed by atoms with Gasteiger partial charge in [-0.25, -0.2) is 10.2 Å². The summed E-state index contributed by atoms with van der Waals surface area (Å²) in [4.78, 5) is 21.2. The highest BCUT2D eigenvalue weighted by Gasteiger charge is 1.96. The molecule has 21 heavy (non-hydrogen) atoms. The summed E-state index contributed by atoms with van der Waals surface area (Å²) in [5.74, 6) is 0. The summed E-state index contributed by atoms with van der Waals surface area (Å²) < 4.78 is 0. The second-order valence-electron chi connectivity index (χ2n) is 3.96. The molecule has 0 aliphatic heterocycles. The van der Waals surface area contributed by atoms with Gasteiger partial charge in [0, 0.05) is 17.7 Å². The van der Waals surface area contributed by atoms with Crippen LogP contribution in [0.3, 0.4) is 0 Å². The van der Waals surface area contributed by atoms with Crippen molar-refractivity contribution < 1.29 is 0 Å². The average molecular weight is 303 g/mol. The Labute approximate surface area is 124 Å². The molecule has 0 spiro atoms. The number of aromatic nitrogens is 4. The number of rotatable bonds is 1. The first kappa shape index (κ1) is 14.7. The van der Waals surface area contributed by atoms with E-state index in [9.17, 15) is 9.59 Å². The molecule has 0 saturated heterocycles. The van der Waals surface area contributed by atoms with Gasteiger partial charge in [0.2, 0.25) is 0 Å². The molecule has 0 atom stereocenters. The van der Waals surface area contributed by atoms with Gasteiger partial charge < -0.3 is 0 Å². The lowest BCUT2D eigenvalue weighted by Gasteiger charge is -1.97. The zero-order chi connectivity index (χ0) is 15.1. The zero-order valence-corrected chi connectivity index (χ0v) is 11.5. The van der Waals surface area contributed by atoms with Gasteiger partial charge in [-0.3, -0.25) is 9.59 Å². The molecule has 7 heteroatoms. The van der Waals surface area contributed by atoms with Crippen molar-refractivity contribution in [1.82, 2.24) is 20.4 Å². The van der Waals surface area contributed by atoms with E-state index in [2.05, 4.69) is 20.4 Å². The fraction of sp³-hybridized carbons (Fsp3) is 0. The third-order valence-electron chi connectivity index (χ3n) is 2.40. The Morgan fingerprint density at radius 1 is 0.810 bits per heavy atom. The Balaban J connectivity index is 0.000000173. The first-order valence-electron chi connectivity index (χ1n) is 5.95. The molecule has 1 aromatic carbocycles. The van der Waals surface area contributed by atoms with E-state index in [-0.39, 0.29) is 11.1 Å². The molecule has 106 valence electrons. The van der Waals surface area contributed by atoms with E-state index in [1.807, 2.05) is 30.3 Å². The Morgan fingerprint density at radius 3 is 1.95 bits per heavy atom. The molecular formula is C14H11ClN4O2. The molecule has 0 fully saturated rings. The molecule has 0 unspecified atom stereocenters. The van der Waals surface area contributed by atoms with Crippen LogP contribution in [0.25, 0.3) is 11.1 Å². The summed E-state index contributed by atoms with van der Waals surface area (Å²) in [6.45, 7) is 0. The van der Waals surface area contributed by atoms with Crippen molar-refractivity contribution in [2.75, 3.05) is 0 Å². The number of hydrogen-bond donors (Lipinski definition) is 2. The lowest BCUT2D eigenvalue weighted by atomic mass is 10.1. The van der Waals surface area contributed by atoms with Crippen molar-refractivity contribution in [2.45, 2.75) is 0 Å². The zero-order valence-electron chi connectivity index (χ0n) is 10.8. The Kier molecular flexibility index (Phi) is 5.00. The maximum atomic E-state index is 10.9. The largest absolute Gasteiger partial charge is 0.268 e. The number of hydrogen-bond acceptors (Lipinski definition) is 4. The molecule has 2 heterocycles. The number of halogens is 1. The minimum atomic E-state index is -0.280. The lowest BCUT2D eigenvalue weighted by molar-refractivity contribution is 0.989. The van der Waals surface area contributed by atoms with Crippen molar-refractivity contribution in [3.63, 3.8) is 0 Å². The third-order valence-corrected chi connectivity index (χ3v) is 2.61. The van der Waals surface area contributed by atoms with Gasteiger partial charge in [0.25, 0.3) is 11.1 Å². The lowest BCUT2D eigenvalue weighted by Crippen LogP contribution is -2.05. The van der Waals surface area contributed by atoms with E-state index in [0.717, 1.165) is 11.1 Å². The highest BCUT2D eigenvalue weighted by Crippen LogP contribution is 2.14. The van der Waals surface area contributed by atoms with E-state index in [0.29, 0.717) is 5.02 Å². The molecule has 3 aromatic rings. The van der Waals surface area contributed by atoms with Crippen LogP contribution in [0.2, 0.25) is 5.02 Å². The fourth-order valence-corrected chi connectivity index (χ4v) is 1.66. The van der Waals surface area contributed by atoms with Gasteiger partial charge in [-0.05, 0) is 5.56 Å². The van der Waals surface area contributed by atoms with Crippen LogP contribution in [0.15, 0.2) is 64.4 Å². The molecule has 0 saturated carbocycles. The average Bonchev–Trinajstić information content (AvgIpc) is 2.49. The third kappa shape index (κ3) is 4.70. The first-order valence-corrected chi connectivity index (χ1v) is 6.33. The van der Waals surface area contributed by atoms with Crippen molar-refractivity contribution in [1.29, 1.82) is 0 Å². The van der Waals surface area contributed by atoms with Gasteiger partial charge in [0.1, 0.15) is 0 Å². The van der Waals surface area contributed by atoms with E-state index in [1.165, 1.54) is 18.3 Å². The SMILES string of the molecule is O=c1cc(-c2ccccc2)cn[nH]1.O=c1cc(Cl)cn[nH]1. The molecule has 0 aliphatic rings. The number of benzene rings is 1. The van der Waals surface area contributed by atoms with Gasteiger partial charge in [-0.2, -0.15) is 10.2 Å². The van der Waals surface area contributed by atoms with Crippen LogP contribution in [-0.2, 0) is 0 Å². The van der Waals surface area contributed by atoms with Crippen molar-refractivity contribution in [3.8, 4) is 11.1 Å². The predicted molar refractivity (Wildman–Crippen MR) is 80.2 cm³/mol. The van der Waals surface area contributed by atoms with Gasteiger partial charge in [-0.15, -0.1) is 0 Å². The van der Waals surface area contributed by atoms with Crippen LogP contribution < -0.4 is 11.1 Å². The molecule has 0 aliphatic carbocycles. The molecule has 2 N–H and O–H groups in total. The van der Waals surface area contributed by atoms with Crippen LogP contribution in [-0.4, -0.2) is 20.4 Å². The second-order valence-corrected chi connectivity index (χ2v) is 4.40. The van der Waals surface area contributed by atoms with Crippen molar-refractivity contribution in [3.05, 3.63) is 80.6 Å². The Morgan fingerprint density at radius 2 is 1.43 bits per heavy atom. The molecule has 6 nitrogen and oxygen atoms in total. The van der Waals surface area contributed by atoms with Crippen LogP contribution in [0, 0.1) is 0 Å². The number of nitrogens with one attached hydrogen (secondary N) is 2. The Hall–Kier alpha value is -2.73. The predicted octanol–water partition coefficient (Wildman–Crippen LogP) is 1.86. The standard InChI is InChI=1S/C10H8N2O.C4H3ClN2O/c13-10-6-9(7-11-12-10)8-4-2-1-3-5-8;5-3-1-4(8)7-6-2-3/h1-7H,(H,12,13);1-2H,(H,7,8). The monoisotopic (exact) mass is 302 g/mol. The molecule has 0 bridgehead atoms. The molecule has 2 aromatic heterocycles. The van der Waals surface area contributed by atoms with Crippen LogP contribution in [0.4, 0.5) is 0 Å². The van der Waals surface area contributed by atoms with E-state index < -0.39 is 0 Å². The van der Waals surface area contributed by atoms with Crippen LogP contribution in [0.1, 0.15) is 0 Å². The minimum absolute atomic E-state index is 0.179. The number of aromatic amines is 2. The number of H-pyrrole nitrogens is 2. The normalized spacial score (nSPS) is 9.57. The Bertz CT molecular complexity index is 814. The van der Waals surface area contributed by atoms with Gasteiger partial charge in [0.15, 0.2) is 0 Å². The van der Waals surface area contributed by atoms with Crippen LogP contribution in [0.5, 0.6) is 0 Å². The topological polar surface area (TPSA) is 91.5 Å². The van der Waals surface area contributed by atoms with E-state index >= 15 is 0 Å². The maximum Gasteiger partial charge on any atom is 0.265 e. The summed E-state index contributed by atoms with van der Waals surface area (Å²) in [6, 6.07) is 12.5. The minimum Gasteiger partial charge on any atom is -0.268 e. The van der Waals surface area contributed by atoms with Gasteiger partial charge in [0.05, 0.1) is 17.4 Å². The summed E-state index contributed by atoms with van der Waals surface area (Å²) >= 11 is 5.36. The molecule has 3 rings (SSSR count). The summed E-state index contributed by atoms with van der Waals surface area (Å²) in [7, 11) is 0. The van der Waals surface area contributed by atoms with E-state index in [1.54, 1.807) is 6.20 Å². The smallest absolute Gasteiger partial charge is 0.265 e. The number of nitrogens with zero attached hydrogens (tertiary/aromatic N) is 2. The summed E-state index contributed by atoms with van der Waals surface area (Å²) in [5, 5.41) is 12.0. The second kappa shape index (κ2) is 7.16. The fourth-order valence-electron chi connectivity index (χ4n) is 1.52. The van der Waals surface area contributed by atoms with Crippen LogP contribution >= 0.6 is 11.6 Å². The molecular weight excluding hydrogens is 292 g/mol. The van der Waals surface area contributed by atoms with E-state index in [4.69, 9.17) is 11.6 Å². The van der Waals surface area contributed by atoms with Gasteiger partial charge in [-0.1, -0.05) is 41.9 Å². The quantitative estimate of drug-likeness (QED) is 0.717. The molecule has 0 amide bonds. The van der Waals surface area contributed by atoms with Gasteiger partial charge >= 0.3 is 0 Å². The summed E-state index contributed by atoms with van der Waals surface area (Å²) in [5.41, 5.74) is 1.38. The highest BCUT2D eigenvalue weighted by atomic mass is 35.5. The first-order chi connectivity index (χ1) is 10.1. The molecule has 0 radical (unpaired) electrons.